The summed E-state index contributed by atoms with van der Waals surface area (Å²) in [6.07, 6.45) is -3.27. The van der Waals surface area contributed by atoms with Crippen molar-refractivity contribution in [3.05, 3.63) is 77.0 Å². The maximum atomic E-state index is 13.2. The van der Waals surface area contributed by atoms with E-state index < -0.39 is 23.4 Å². The molecule has 1 unspecified atom stereocenters. The summed E-state index contributed by atoms with van der Waals surface area (Å²) in [5, 5.41) is 2.87. The van der Waals surface area contributed by atoms with Gasteiger partial charge < -0.3 is 10.1 Å². The van der Waals surface area contributed by atoms with Crippen LogP contribution in [0.5, 0.6) is 5.75 Å². The summed E-state index contributed by atoms with van der Waals surface area (Å²) in [6.45, 7) is 6.45. The molecule has 2 aliphatic carbocycles. The molecule has 0 amide bonds. The molecule has 5 rings (SSSR count). The van der Waals surface area contributed by atoms with E-state index in [0.717, 1.165) is 37.2 Å². The van der Waals surface area contributed by atoms with E-state index in [4.69, 9.17) is 4.74 Å². The summed E-state index contributed by atoms with van der Waals surface area (Å²) in [6, 6.07) is 13.7. The molecule has 1 aliphatic heterocycles. The Morgan fingerprint density at radius 3 is 2.37 bits per heavy atom. The van der Waals surface area contributed by atoms with Gasteiger partial charge in [-0.15, -0.1) is 0 Å². The second-order valence-electron chi connectivity index (χ2n) is 10.1. The smallest absolute Gasteiger partial charge is 0.399 e. The average molecular weight is 493 g/mol. The number of allylic oxidation sites excluding steroid dienone is 1. The first-order valence-corrected chi connectivity index (χ1v) is 12.0. The molecule has 1 N–H and O–H groups in total. The lowest BCUT2D eigenvalue weighted by atomic mass is 9.99. The summed E-state index contributed by atoms with van der Waals surface area (Å²) in [7, 11) is 0. The van der Waals surface area contributed by atoms with Crippen LogP contribution in [-0.2, 0) is 26.1 Å². The van der Waals surface area contributed by atoms with Crippen molar-refractivity contribution in [1.82, 2.24) is 10.2 Å². The van der Waals surface area contributed by atoms with E-state index in [1.165, 1.54) is 11.1 Å². The van der Waals surface area contributed by atoms with Crippen LogP contribution in [0.15, 0.2) is 54.7 Å². The molecule has 1 heterocycles. The van der Waals surface area contributed by atoms with Gasteiger partial charge in [-0.05, 0) is 53.6 Å². The first-order chi connectivity index (χ1) is 16.6. The minimum absolute atomic E-state index is 0.0556. The lowest BCUT2D eigenvalue weighted by Gasteiger charge is -2.29. The van der Waals surface area contributed by atoms with Crippen LogP contribution < -0.4 is 10.1 Å². The van der Waals surface area contributed by atoms with Crippen LogP contribution in [0.25, 0.3) is 0 Å². The predicted molar refractivity (Wildman–Crippen MR) is 123 cm³/mol. The van der Waals surface area contributed by atoms with E-state index in [1.807, 2.05) is 42.5 Å². The molecule has 0 aromatic heterocycles. The Morgan fingerprint density at radius 1 is 1.06 bits per heavy atom. The summed E-state index contributed by atoms with van der Waals surface area (Å²) < 4.78 is 71.3. The molecule has 0 radical (unpaired) electrons. The van der Waals surface area contributed by atoms with Gasteiger partial charge in [0.2, 0.25) is 0 Å². The fourth-order valence-corrected chi connectivity index (χ4v) is 4.74. The highest BCUT2D eigenvalue weighted by atomic mass is 19.4. The fourth-order valence-electron chi connectivity index (χ4n) is 4.74. The molecule has 0 spiro atoms. The standard InChI is InChI=1S/C27H29F5N2O/c1-18(25(9-10-25)27(30,31)32)33-14-19-2-4-20(5-3-19)15-34-11-8-21-12-24(7-6-22(21)16-34)35-17-23-13-26(23,28)29/h2-7,12,23,33H,1,8-11,13-17H2. The summed E-state index contributed by atoms with van der Waals surface area (Å²) in [4.78, 5) is 2.34. The predicted octanol–water partition coefficient (Wildman–Crippen LogP) is 6.22. The number of ether oxygens (including phenoxy) is 1. The van der Waals surface area contributed by atoms with Crippen LogP contribution in [0.4, 0.5) is 22.0 Å². The number of alkyl halides is 5. The van der Waals surface area contributed by atoms with Crippen LogP contribution in [-0.4, -0.2) is 30.2 Å². The number of fused-ring (bicyclic) bond motifs is 1. The Bertz CT molecular complexity index is 1090. The largest absolute Gasteiger partial charge is 0.493 e. The van der Waals surface area contributed by atoms with Gasteiger partial charge in [0.1, 0.15) is 11.2 Å². The summed E-state index contributed by atoms with van der Waals surface area (Å²) >= 11 is 0. The molecule has 188 valence electrons. The SMILES string of the molecule is C=C(NCc1ccc(CN2CCc3cc(OCC4CC4(F)F)ccc3C2)cc1)C1(C(F)(F)F)CC1. The lowest BCUT2D eigenvalue weighted by molar-refractivity contribution is -0.176. The van der Waals surface area contributed by atoms with Gasteiger partial charge in [0, 0.05) is 38.3 Å². The van der Waals surface area contributed by atoms with Gasteiger partial charge >= 0.3 is 6.18 Å². The van der Waals surface area contributed by atoms with Crippen molar-refractivity contribution in [2.24, 2.45) is 11.3 Å². The van der Waals surface area contributed by atoms with Crippen molar-refractivity contribution in [3.8, 4) is 5.75 Å². The Kier molecular flexibility index (Phi) is 6.06. The zero-order valence-electron chi connectivity index (χ0n) is 19.4. The van der Waals surface area contributed by atoms with Crippen molar-refractivity contribution in [2.75, 3.05) is 13.2 Å². The molecule has 2 aromatic rings. The Balaban J connectivity index is 1.10. The van der Waals surface area contributed by atoms with Crippen molar-refractivity contribution in [3.63, 3.8) is 0 Å². The van der Waals surface area contributed by atoms with E-state index in [-0.39, 0.29) is 31.6 Å². The average Bonchev–Trinajstić information content (AvgIpc) is 3.73. The minimum atomic E-state index is -4.25. The van der Waals surface area contributed by atoms with Gasteiger partial charge in [-0.2, -0.15) is 13.2 Å². The number of hydrogen-bond acceptors (Lipinski definition) is 3. The summed E-state index contributed by atoms with van der Waals surface area (Å²) in [5.41, 5.74) is 2.74. The molecule has 3 nitrogen and oxygen atoms in total. The van der Waals surface area contributed by atoms with Crippen LogP contribution in [0.3, 0.4) is 0 Å². The normalized spacial score (nSPS) is 22.3. The molecular weight excluding hydrogens is 463 g/mol. The zero-order chi connectivity index (χ0) is 24.8. The third-order valence-corrected chi connectivity index (χ3v) is 7.48. The number of nitrogens with one attached hydrogen (secondary N) is 1. The van der Waals surface area contributed by atoms with E-state index in [2.05, 4.69) is 16.8 Å². The maximum absolute atomic E-state index is 13.2. The van der Waals surface area contributed by atoms with Gasteiger partial charge in [0.15, 0.2) is 0 Å². The third-order valence-electron chi connectivity index (χ3n) is 7.48. The molecular formula is C27H29F5N2O. The third kappa shape index (κ3) is 5.17. The number of halogens is 5. The van der Waals surface area contributed by atoms with Gasteiger partial charge in [-0.1, -0.05) is 36.9 Å². The zero-order valence-corrected chi connectivity index (χ0v) is 19.4. The van der Waals surface area contributed by atoms with Crippen molar-refractivity contribution in [1.29, 1.82) is 0 Å². The Hall–Kier alpha value is -2.61. The Morgan fingerprint density at radius 2 is 1.74 bits per heavy atom. The molecule has 8 heteroatoms. The Labute approximate surface area is 202 Å². The quantitative estimate of drug-likeness (QED) is 0.421. The molecule has 3 aliphatic rings. The number of benzene rings is 2. The van der Waals surface area contributed by atoms with E-state index in [0.29, 0.717) is 12.3 Å². The minimum Gasteiger partial charge on any atom is -0.493 e. The van der Waals surface area contributed by atoms with Crippen molar-refractivity contribution < 1.29 is 26.7 Å². The molecule has 1 atom stereocenters. The van der Waals surface area contributed by atoms with Crippen LogP contribution in [0, 0.1) is 11.3 Å². The molecule has 0 bridgehead atoms. The van der Waals surface area contributed by atoms with Crippen LogP contribution in [0.2, 0.25) is 0 Å². The molecule has 2 fully saturated rings. The second-order valence-corrected chi connectivity index (χ2v) is 10.1. The topological polar surface area (TPSA) is 24.5 Å². The van der Waals surface area contributed by atoms with Crippen LogP contribution >= 0.6 is 0 Å². The monoisotopic (exact) mass is 492 g/mol. The lowest BCUT2D eigenvalue weighted by Crippen LogP contribution is -2.32. The highest BCUT2D eigenvalue weighted by molar-refractivity contribution is 5.37. The van der Waals surface area contributed by atoms with E-state index in [9.17, 15) is 22.0 Å². The fraction of sp³-hybridized carbons (Fsp3) is 0.481. The number of rotatable bonds is 9. The van der Waals surface area contributed by atoms with E-state index >= 15 is 0 Å². The summed E-state index contributed by atoms with van der Waals surface area (Å²) in [5.74, 6) is -2.58. The number of nitrogens with zero attached hydrogens (tertiary/aromatic N) is 1. The second kappa shape index (κ2) is 8.80. The molecule has 0 saturated heterocycles. The van der Waals surface area contributed by atoms with Gasteiger partial charge in [0.05, 0.1) is 12.5 Å². The van der Waals surface area contributed by atoms with Crippen molar-refractivity contribution in [2.45, 2.75) is 57.4 Å². The highest BCUT2D eigenvalue weighted by Crippen LogP contribution is 2.61. The van der Waals surface area contributed by atoms with Gasteiger partial charge in [0.25, 0.3) is 5.92 Å². The van der Waals surface area contributed by atoms with Gasteiger partial charge in [-0.25, -0.2) is 8.78 Å². The van der Waals surface area contributed by atoms with Crippen LogP contribution in [0.1, 0.15) is 41.5 Å². The molecule has 2 saturated carbocycles. The first-order valence-electron chi connectivity index (χ1n) is 12.0. The molecule has 35 heavy (non-hydrogen) atoms. The first kappa shape index (κ1) is 24.1. The van der Waals surface area contributed by atoms with Gasteiger partial charge in [-0.3, -0.25) is 4.90 Å². The number of hydrogen-bond donors (Lipinski definition) is 1. The van der Waals surface area contributed by atoms with Crippen molar-refractivity contribution >= 4 is 0 Å². The van der Waals surface area contributed by atoms with E-state index in [1.54, 1.807) is 0 Å². The molecule has 2 aromatic carbocycles. The maximum Gasteiger partial charge on any atom is 0.399 e. The highest BCUT2D eigenvalue weighted by Gasteiger charge is 2.65.